The molecule has 0 saturated carbocycles. The number of pyridine rings is 1. The van der Waals surface area contributed by atoms with Crippen molar-refractivity contribution < 1.29 is 4.42 Å². The van der Waals surface area contributed by atoms with E-state index in [-0.39, 0.29) is 0 Å². The molecule has 0 saturated heterocycles. The summed E-state index contributed by atoms with van der Waals surface area (Å²) in [6.45, 7) is 0. The molecule has 0 fully saturated rings. The predicted molar refractivity (Wildman–Crippen MR) is 190 cm³/mol. The molecule has 0 atom stereocenters. The van der Waals surface area contributed by atoms with Gasteiger partial charge in [-0.25, -0.2) is 19.9 Å². The highest BCUT2D eigenvalue weighted by Crippen LogP contribution is 2.34. The van der Waals surface area contributed by atoms with Crippen molar-refractivity contribution in [2.24, 2.45) is 0 Å². The fourth-order valence-corrected chi connectivity index (χ4v) is 6.11. The summed E-state index contributed by atoms with van der Waals surface area (Å²) >= 11 is 0. The van der Waals surface area contributed by atoms with Gasteiger partial charge in [-0.15, -0.1) is 0 Å². The fraction of sp³-hybridized carbons (Fsp3) is 0. The first kappa shape index (κ1) is 26.9. The normalized spacial score (nSPS) is 11.4. The van der Waals surface area contributed by atoms with Crippen molar-refractivity contribution in [2.75, 3.05) is 0 Å². The van der Waals surface area contributed by atoms with E-state index < -0.39 is 0 Å². The Morgan fingerprint density at radius 1 is 0.362 bits per heavy atom. The molecule has 220 valence electrons. The zero-order valence-corrected chi connectivity index (χ0v) is 25.2. The largest absolute Gasteiger partial charge is 0.436 e. The van der Waals surface area contributed by atoms with Crippen LogP contribution in [0, 0.1) is 0 Å². The molecule has 3 aromatic heterocycles. The van der Waals surface area contributed by atoms with Crippen LogP contribution in [0.15, 0.2) is 162 Å². The van der Waals surface area contributed by atoms with E-state index in [2.05, 4.69) is 84.9 Å². The lowest BCUT2D eigenvalue weighted by Gasteiger charge is -2.11. The lowest BCUT2D eigenvalue weighted by Crippen LogP contribution is -1.98. The number of rotatable bonds is 5. The van der Waals surface area contributed by atoms with Gasteiger partial charge >= 0.3 is 0 Å². The Labute approximate surface area is 270 Å². The summed E-state index contributed by atoms with van der Waals surface area (Å²) in [5.41, 5.74) is 8.79. The zero-order chi connectivity index (χ0) is 31.2. The van der Waals surface area contributed by atoms with E-state index in [4.69, 9.17) is 24.4 Å². The summed E-state index contributed by atoms with van der Waals surface area (Å²) in [4.78, 5) is 20.1. The van der Waals surface area contributed by atoms with Gasteiger partial charge in [0.1, 0.15) is 11.2 Å². The maximum absolute atomic E-state index is 6.16. The molecule has 9 aromatic rings. The molecule has 0 aliphatic carbocycles. The number of fused-ring (bicyclic) bond motifs is 4. The topological polar surface area (TPSA) is 64.7 Å². The van der Waals surface area contributed by atoms with Crippen LogP contribution in [0.5, 0.6) is 0 Å². The molecular formula is C42H26N4O. The first-order valence-corrected chi connectivity index (χ1v) is 15.6. The van der Waals surface area contributed by atoms with Crippen molar-refractivity contribution in [3.63, 3.8) is 0 Å². The Balaban J connectivity index is 1.16. The summed E-state index contributed by atoms with van der Waals surface area (Å²) < 4.78 is 6.16. The molecular weight excluding hydrogens is 576 g/mol. The predicted octanol–water partition coefficient (Wildman–Crippen LogP) is 10.7. The number of hydrogen-bond acceptors (Lipinski definition) is 5. The summed E-state index contributed by atoms with van der Waals surface area (Å²) in [6, 6.07) is 53.5. The van der Waals surface area contributed by atoms with E-state index in [1.165, 1.54) is 10.8 Å². The van der Waals surface area contributed by atoms with E-state index in [1.807, 2.05) is 72.8 Å². The van der Waals surface area contributed by atoms with Gasteiger partial charge in [-0.2, -0.15) is 0 Å². The van der Waals surface area contributed by atoms with Crippen LogP contribution in [0.1, 0.15) is 0 Å². The van der Waals surface area contributed by atoms with Gasteiger partial charge in [0.05, 0.1) is 17.1 Å². The molecule has 0 bridgehead atoms. The van der Waals surface area contributed by atoms with E-state index in [9.17, 15) is 0 Å². The third-order valence-electron chi connectivity index (χ3n) is 8.51. The van der Waals surface area contributed by atoms with Gasteiger partial charge in [0.2, 0.25) is 5.89 Å². The Bertz CT molecular complexity index is 2580. The van der Waals surface area contributed by atoms with Gasteiger partial charge in [0.25, 0.3) is 0 Å². The molecule has 0 aliphatic rings. The molecule has 0 radical (unpaired) electrons. The van der Waals surface area contributed by atoms with Gasteiger partial charge < -0.3 is 4.42 Å². The Kier molecular flexibility index (Phi) is 6.39. The van der Waals surface area contributed by atoms with Crippen molar-refractivity contribution in [2.45, 2.75) is 0 Å². The van der Waals surface area contributed by atoms with Gasteiger partial charge in [0, 0.05) is 27.6 Å². The molecule has 0 amide bonds. The highest BCUT2D eigenvalue weighted by atomic mass is 16.3. The van der Waals surface area contributed by atoms with Crippen LogP contribution in [0.3, 0.4) is 0 Å². The third kappa shape index (κ3) is 5.00. The lowest BCUT2D eigenvalue weighted by atomic mass is 10.0. The summed E-state index contributed by atoms with van der Waals surface area (Å²) in [7, 11) is 0. The molecule has 0 aliphatic heterocycles. The first-order valence-electron chi connectivity index (χ1n) is 15.6. The lowest BCUT2D eigenvalue weighted by molar-refractivity contribution is 0.620. The second kappa shape index (κ2) is 11.2. The van der Waals surface area contributed by atoms with Crippen LogP contribution in [0.2, 0.25) is 0 Å². The minimum Gasteiger partial charge on any atom is -0.436 e. The quantitative estimate of drug-likeness (QED) is 0.196. The number of nitrogens with zero attached hydrogens (tertiary/aromatic N) is 4. The van der Waals surface area contributed by atoms with Gasteiger partial charge in [0.15, 0.2) is 11.4 Å². The molecule has 47 heavy (non-hydrogen) atoms. The molecule has 3 heterocycles. The SMILES string of the molecule is c1ccc(-c2cc(-c3ccc4ccccc4c3)nc(-c3cccc(-c4ccc5ccc6oc(-c7ccccc7)nc6c5c4)n3)n2)cc1. The minimum atomic E-state index is 0.573. The summed E-state index contributed by atoms with van der Waals surface area (Å²) in [6.07, 6.45) is 0. The van der Waals surface area contributed by atoms with Crippen LogP contribution < -0.4 is 0 Å². The second-order valence-corrected chi connectivity index (χ2v) is 11.5. The van der Waals surface area contributed by atoms with Crippen molar-refractivity contribution in [1.82, 2.24) is 19.9 Å². The third-order valence-corrected chi connectivity index (χ3v) is 8.51. The number of hydrogen-bond donors (Lipinski definition) is 0. The molecule has 9 rings (SSSR count). The van der Waals surface area contributed by atoms with Crippen LogP contribution in [-0.4, -0.2) is 19.9 Å². The highest BCUT2D eigenvalue weighted by Gasteiger charge is 2.15. The summed E-state index contributed by atoms with van der Waals surface area (Å²) in [5.74, 6) is 1.18. The van der Waals surface area contributed by atoms with E-state index >= 15 is 0 Å². The van der Waals surface area contributed by atoms with Crippen molar-refractivity contribution >= 4 is 32.6 Å². The zero-order valence-electron chi connectivity index (χ0n) is 25.2. The highest BCUT2D eigenvalue weighted by molar-refractivity contribution is 6.05. The average molecular weight is 603 g/mol. The number of oxazole rings is 1. The van der Waals surface area contributed by atoms with Crippen LogP contribution in [-0.2, 0) is 0 Å². The van der Waals surface area contributed by atoms with Crippen molar-refractivity contribution in [3.05, 3.63) is 158 Å². The van der Waals surface area contributed by atoms with Gasteiger partial charge in [-0.1, -0.05) is 109 Å². The van der Waals surface area contributed by atoms with Crippen molar-refractivity contribution in [3.8, 4) is 56.7 Å². The average Bonchev–Trinajstić information content (AvgIpc) is 3.60. The molecule has 0 spiro atoms. The van der Waals surface area contributed by atoms with E-state index in [0.29, 0.717) is 17.4 Å². The van der Waals surface area contributed by atoms with Crippen LogP contribution in [0.4, 0.5) is 0 Å². The van der Waals surface area contributed by atoms with Crippen molar-refractivity contribution in [1.29, 1.82) is 0 Å². The molecule has 6 aromatic carbocycles. The maximum atomic E-state index is 6.16. The molecule has 5 nitrogen and oxygen atoms in total. The Morgan fingerprint density at radius 3 is 1.81 bits per heavy atom. The second-order valence-electron chi connectivity index (χ2n) is 11.5. The number of aromatic nitrogens is 4. The van der Waals surface area contributed by atoms with Crippen LogP contribution >= 0.6 is 0 Å². The van der Waals surface area contributed by atoms with Gasteiger partial charge in [-0.3, -0.25) is 0 Å². The monoisotopic (exact) mass is 602 g/mol. The Hall–Kier alpha value is -6.46. The summed E-state index contributed by atoms with van der Waals surface area (Å²) in [5, 5.41) is 4.46. The number of benzene rings is 6. The Morgan fingerprint density at radius 2 is 1.00 bits per heavy atom. The smallest absolute Gasteiger partial charge is 0.227 e. The molecule has 0 unspecified atom stereocenters. The minimum absolute atomic E-state index is 0.573. The molecule has 5 heteroatoms. The maximum Gasteiger partial charge on any atom is 0.227 e. The van der Waals surface area contributed by atoms with Crippen LogP contribution in [0.25, 0.3) is 89.4 Å². The van der Waals surface area contributed by atoms with E-state index in [1.54, 1.807) is 0 Å². The fourth-order valence-electron chi connectivity index (χ4n) is 6.11. The van der Waals surface area contributed by atoms with E-state index in [0.717, 1.165) is 61.2 Å². The standard InChI is InChI=1S/C42H26N4O/c1-3-11-29(12-4-1)37-26-38(32-20-18-27-10-7-8-15-31(27)24-32)45-41(44-37)36-17-9-16-35(43-36)33-21-19-28-22-23-39-40(34(28)25-33)46-42(47-39)30-13-5-2-6-14-30/h1-26H. The first-order chi connectivity index (χ1) is 23.2. The molecule has 0 N–H and O–H groups in total. The van der Waals surface area contributed by atoms with Gasteiger partial charge in [-0.05, 0) is 64.7 Å².